The number of rotatable bonds is 7. The highest BCUT2D eigenvalue weighted by atomic mass is 16.8. The topological polar surface area (TPSA) is 113 Å². The van der Waals surface area contributed by atoms with Crippen molar-refractivity contribution >= 4 is 23.2 Å². The Labute approximate surface area is 171 Å². The van der Waals surface area contributed by atoms with Gasteiger partial charge in [-0.2, -0.15) is 0 Å². The van der Waals surface area contributed by atoms with Crippen LogP contribution in [-0.2, 0) is 27.2 Å². The van der Waals surface area contributed by atoms with E-state index in [1.807, 2.05) is 38.4 Å². The third-order valence-electron chi connectivity index (χ3n) is 4.34. The summed E-state index contributed by atoms with van der Waals surface area (Å²) in [6.07, 6.45) is 0.709. The average molecular weight is 418 g/mol. The molecule has 10 nitrogen and oxygen atoms in total. The first-order chi connectivity index (χ1) is 14.3. The van der Waals surface area contributed by atoms with Crippen LogP contribution in [0.4, 0.5) is 9.59 Å². The molecule has 0 spiro atoms. The normalized spacial score (nSPS) is 11.1. The van der Waals surface area contributed by atoms with Crippen molar-refractivity contribution < 1.29 is 32.6 Å². The lowest BCUT2D eigenvalue weighted by molar-refractivity contribution is -0.0188. The van der Waals surface area contributed by atoms with E-state index in [0.717, 1.165) is 23.9 Å². The Morgan fingerprint density at radius 3 is 2.57 bits per heavy atom. The predicted octanol–water partition coefficient (Wildman–Crippen LogP) is 2.90. The highest BCUT2D eigenvalue weighted by Crippen LogP contribution is 2.22. The van der Waals surface area contributed by atoms with Crippen LogP contribution in [0.25, 0.3) is 10.9 Å². The zero-order valence-corrected chi connectivity index (χ0v) is 16.9. The maximum atomic E-state index is 12.5. The molecule has 0 amide bonds. The van der Waals surface area contributed by atoms with Crippen LogP contribution < -0.4 is 5.82 Å². The van der Waals surface area contributed by atoms with Gasteiger partial charge in [0.05, 0.1) is 5.52 Å². The summed E-state index contributed by atoms with van der Waals surface area (Å²) < 4.78 is 25.2. The van der Waals surface area contributed by atoms with E-state index in [4.69, 9.17) is 18.6 Å². The average Bonchev–Trinajstić information content (AvgIpc) is 3.23. The van der Waals surface area contributed by atoms with E-state index in [2.05, 4.69) is 9.32 Å². The fraction of sp³-hybridized carbons (Fsp3) is 0.350. The van der Waals surface area contributed by atoms with E-state index in [1.165, 1.54) is 11.5 Å². The van der Waals surface area contributed by atoms with Crippen LogP contribution in [0.1, 0.15) is 17.1 Å². The van der Waals surface area contributed by atoms with Crippen molar-refractivity contribution in [2.75, 3.05) is 27.4 Å². The smallest absolute Gasteiger partial charge is 0.426 e. The molecule has 1 aromatic carbocycles. The Morgan fingerprint density at radius 2 is 1.87 bits per heavy atom. The number of aromatic nitrogens is 1. The number of carbonyl (C=O) groups is 2. The Hall–Kier alpha value is -3.53. The molecule has 0 saturated heterocycles. The van der Waals surface area contributed by atoms with Crippen molar-refractivity contribution in [2.24, 2.45) is 0 Å². The summed E-state index contributed by atoms with van der Waals surface area (Å²) in [5.41, 5.74) is 1.71. The SMILES string of the molecule is Cc1oc(=O)oc1COC(=O)OCOC(=O)n1cc(CCN(C)C)c2ccccc21. The largest absolute Gasteiger partial charge is 0.519 e. The molecule has 0 unspecified atom stereocenters. The molecular formula is C20H22N2O8. The number of para-hydroxylation sites is 1. The molecule has 0 fully saturated rings. The Bertz CT molecular complexity index is 1090. The number of carbonyl (C=O) groups excluding carboxylic acids is 2. The van der Waals surface area contributed by atoms with Crippen molar-refractivity contribution in [3.63, 3.8) is 0 Å². The molecule has 0 atom stereocenters. The fourth-order valence-corrected chi connectivity index (χ4v) is 2.81. The number of likely N-dealkylation sites (N-methyl/N-ethyl adjacent to an activating group) is 1. The molecule has 2 aromatic heterocycles. The highest BCUT2D eigenvalue weighted by molar-refractivity contribution is 5.92. The second kappa shape index (κ2) is 9.31. The molecule has 0 saturated carbocycles. The highest BCUT2D eigenvalue weighted by Gasteiger charge is 2.16. The second-order valence-electron chi connectivity index (χ2n) is 6.74. The van der Waals surface area contributed by atoms with Gasteiger partial charge in [0.2, 0.25) is 6.79 Å². The van der Waals surface area contributed by atoms with E-state index in [1.54, 1.807) is 6.20 Å². The Balaban J connectivity index is 1.55. The first-order valence-electron chi connectivity index (χ1n) is 9.15. The van der Waals surface area contributed by atoms with Crippen LogP contribution in [0.2, 0.25) is 0 Å². The van der Waals surface area contributed by atoms with Gasteiger partial charge < -0.3 is 27.9 Å². The number of ether oxygens (including phenoxy) is 3. The summed E-state index contributed by atoms with van der Waals surface area (Å²) in [4.78, 5) is 37.1. The summed E-state index contributed by atoms with van der Waals surface area (Å²) in [5, 5.41) is 0.952. The minimum absolute atomic E-state index is 0.0676. The molecule has 10 heteroatoms. The number of fused-ring (bicyclic) bond motifs is 1. The minimum atomic E-state index is -1.09. The number of hydrogen-bond acceptors (Lipinski definition) is 9. The Morgan fingerprint density at radius 1 is 1.10 bits per heavy atom. The van der Waals surface area contributed by atoms with Gasteiger partial charge in [0.25, 0.3) is 0 Å². The van der Waals surface area contributed by atoms with Gasteiger partial charge in [-0.3, -0.25) is 4.57 Å². The first-order valence-corrected chi connectivity index (χ1v) is 9.15. The van der Waals surface area contributed by atoms with E-state index in [9.17, 15) is 14.4 Å². The molecular weight excluding hydrogens is 396 g/mol. The lowest BCUT2D eigenvalue weighted by Gasteiger charge is -2.08. The van der Waals surface area contributed by atoms with Crippen LogP contribution in [0, 0.1) is 6.92 Å². The van der Waals surface area contributed by atoms with Gasteiger partial charge >= 0.3 is 18.1 Å². The van der Waals surface area contributed by atoms with Gasteiger partial charge in [-0.15, -0.1) is 0 Å². The zero-order valence-electron chi connectivity index (χ0n) is 16.9. The van der Waals surface area contributed by atoms with Gasteiger partial charge in [-0.05, 0) is 39.1 Å². The Kier molecular flexibility index (Phi) is 6.58. The van der Waals surface area contributed by atoms with Crippen LogP contribution in [0.5, 0.6) is 0 Å². The molecule has 30 heavy (non-hydrogen) atoms. The van der Waals surface area contributed by atoms with Gasteiger partial charge in [-0.1, -0.05) is 18.2 Å². The molecule has 0 radical (unpaired) electrons. The molecule has 0 aliphatic carbocycles. The first kappa shape index (κ1) is 21.2. The molecule has 0 aliphatic heterocycles. The lowest BCUT2D eigenvalue weighted by Crippen LogP contribution is -2.18. The summed E-state index contributed by atoms with van der Waals surface area (Å²) in [5.74, 6) is -0.626. The molecule has 0 aliphatic rings. The summed E-state index contributed by atoms with van der Waals surface area (Å²) in [7, 11) is 3.96. The van der Waals surface area contributed by atoms with Gasteiger partial charge in [0.15, 0.2) is 18.1 Å². The number of hydrogen-bond donors (Lipinski definition) is 0. The number of benzene rings is 1. The predicted molar refractivity (Wildman–Crippen MR) is 104 cm³/mol. The van der Waals surface area contributed by atoms with Gasteiger partial charge in [0.1, 0.15) is 0 Å². The number of nitrogens with zero attached hydrogens (tertiary/aromatic N) is 2. The third kappa shape index (κ3) is 5.09. The lowest BCUT2D eigenvalue weighted by atomic mass is 10.1. The molecule has 3 rings (SSSR count). The van der Waals surface area contributed by atoms with Crippen LogP contribution in [-0.4, -0.2) is 49.1 Å². The summed E-state index contributed by atoms with van der Waals surface area (Å²) in [6.45, 7) is 1.34. The quantitative estimate of drug-likeness (QED) is 0.422. The maximum Gasteiger partial charge on any atom is 0.519 e. The van der Waals surface area contributed by atoms with Gasteiger partial charge in [-0.25, -0.2) is 14.4 Å². The molecule has 0 bridgehead atoms. The molecule has 0 N–H and O–H groups in total. The zero-order chi connectivity index (χ0) is 21.7. The summed E-state index contributed by atoms with van der Waals surface area (Å²) in [6, 6.07) is 7.48. The van der Waals surface area contributed by atoms with E-state index in [0.29, 0.717) is 5.52 Å². The molecule has 2 heterocycles. The van der Waals surface area contributed by atoms with E-state index < -0.39 is 24.9 Å². The monoisotopic (exact) mass is 418 g/mol. The summed E-state index contributed by atoms with van der Waals surface area (Å²) >= 11 is 0. The van der Waals surface area contributed by atoms with Crippen molar-refractivity contribution in [3.05, 3.63) is 58.2 Å². The van der Waals surface area contributed by atoms with Crippen molar-refractivity contribution in [1.29, 1.82) is 0 Å². The maximum absolute atomic E-state index is 12.5. The number of aryl methyl sites for hydroxylation is 1. The fourth-order valence-electron chi connectivity index (χ4n) is 2.81. The van der Waals surface area contributed by atoms with Crippen molar-refractivity contribution in [2.45, 2.75) is 20.0 Å². The minimum Gasteiger partial charge on any atom is -0.426 e. The molecule has 160 valence electrons. The van der Waals surface area contributed by atoms with Crippen molar-refractivity contribution in [3.8, 4) is 0 Å². The van der Waals surface area contributed by atoms with Crippen LogP contribution in [0.3, 0.4) is 0 Å². The van der Waals surface area contributed by atoms with Gasteiger partial charge in [0, 0.05) is 18.1 Å². The third-order valence-corrected chi connectivity index (χ3v) is 4.34. The van der Waals surface area contributed by atoms with Crippen LogP contribution in [0.15, 0.2) is 44.1 Å². The second-order valence-corrected chi connectivity index (χ2v) is 6.74. The van der Waals surface area contributed by atoms with Crippen LogP contribution >= 0.6 is 0 Å². The van der Waals surface area contributed by atoms with E-state index >= 15 is 0 Å². The van der Waals surface area contributed by atoms with E-state index in [-0.39, 0.29) is 18.1 Å². The standard InChI is InChI=1S/C20H22N2O8/c1-13-17(30-20(25)29-13)11-26-19(24)28-12-27-18(23)22-10-14(8-9-21(2)3)15-6-4-5-7-16(15)22/h4-7,10H,8-9,11-12H2,1-3H3. The molecule has 3 aromatic rings. The van der Waals surface area contributed by atoms with Crippen molar-refractivity contribution in [1.82, 2.24) is 9.47 Å².